The van der Waals surface area contributed by atoms with Gasteiger partial charge in [0, 0.05) is 15.6 Å². The average molecular weight is 303 g/mol. The minimum Gasteiger partial charge on any atom is -0.468 e. The highest BCUT2D eigenvalue weighted by Gasteiger charge is 2.41. The molecule has 0 saturated heterocycles. The van der Waals surface area contributed by atoms with Crippen molar-refractivity contribution in [1.82, 2.24) is 0 Å². The predicted octanol–water partition coefficient (Wildman–Crippen LogP) is 4.07. The Morgan fingerprint density at radius 1 is 1.26 bits per heavy atom. The molecule has 1 atom stereocenters. The van der Waals surface area contributed by atoms with Gasteiger partial charge in [-0.3, -0.25) is 9.59 Å². The first-order chi connectivity index (χ1) is 8.77. The number of Topliss-reactive ketones (excluding diaryl/α,β-unsaturated/α-hetero) is 1. The second-order valence-electron chi connectivity index (χ2n) is 4.57. The van der Waals surface area contributed by atoms with E-state index in [0.717, 1.165) is 0 Å². The van der Waals surface area contributed by atoms with Crippen LogP contribution in [0.3, 0.4) is 0 Å². The quantitative estimate of drug-likeness (QED) is 0.478. The molecular weight excluding hydrogens is 287 g/mol. The van der Waals surface area contributed by atoms with Gasteiger partial charge in [-0.25, -0.2) is 0 Å². The molecule has 0 aliphatic rings. The molecule has 0 aliphatic heterocycles. The molecule has 1 aromatic carbocycles. The Bertz CT molecular complexity index is 502. The van der Waals surface area contributed by atoms with Gasteiger partial charge < -0.3 is 4.74 Å². The van der Waals surface area contributed by atoms with Crippen molar-refractivity contribution in [1.29, 1.82) is 0 Å². The van der Waals surface area contributed by atoms with Gasteiger partial charge in [-0.2, -0.15) is 0 Å². The lowest BCUT2D eigenvalue weighted by Crippen LogP contribution is -2.37. The molecule has 0 spiro atoms. The van der Waals surface area contributed by atoms with E-state index in [-0.39, 0.29) is 5.78 Å². The van der Waals surface area contributed by atoms with Crippen LogP contribution in [0.2, 0.25) is 10.0 Å². The molecule has 0 bridgehead atoms. The highest BCUT2D eigenvalue weighted by molar-refractivity contribution is 6.36. The van der Waals surface area contributed by atoms with Crippen LogP contribution in [-0.4, -0.2) is 18.9 Å². The summed E-state index contributed by atoms with van der Waals surface area (Å²) in [5, 5.41) is 0.804. The van der Waals surface area contributed by atoms with Gasteiger partial charge in [-0.05, 0) is 38.0 Å². The first-order valence-electron chi connectivity index (χ1n) is 5.86. The largest absolute Gasteiger partial charge is 0.468 e. The van der Waals surface area contributed by atoms with Gasteiger partial charge in [0.1, 0.15) is 5.41 Å². The van der Waals surface area contributed by atoms with Crippen LogP contribution in [-0.2, 0) is 9.53 Å². The number of ketones is 1. The minimum absolute atomic E-state index is 0.315. The van der Waals surface area contributed by atoms with Gasteiger partial charge in [-0.15, -0.1) is 0 Å². The van der Waals surface area contributed by atoms with Crippen molar-refractivity contribution in [3.05, 3.63) is 33.3 Å². The van der Waals surface area contributed by atoms with E-state index in [0.29, 0.717) is 27.6 Å². The van der Waals surface area contributed by atoms with Crippen LogP contribution in [0.25, 0.3) is 0 Å². The number of ether oxygens (including phenoxy) is 1. The Morgan fingerprint density at radius 3 is 2.11 bits per heavy atom. The molecule has 0 radical (unpaired) electrons. The Labute approximate surface area is 122 Å². The van der Waals surface area contributed by atoms with E-state index in [2.05, 4.69) is 0 Å². The number of methoxy groups -OCH3 is 1. The van der Waals surface area contributed by atoms with Crippen LogP contribution in [0.5, 0.6) is 0 Å². The highest BCUT2D eigenvalue weighted by Crippen LogP contribution is 2.32. The fraction of sp³-hybridized carbons (Fsp3) is 0.429. The van der Waals surface area contributed by atoms with Gasteiger partial charge in [0.2, 0.25) is 0 Å². The van der Waals surface area contributed by atoms with Crippen molar-refractivity contribution >= 4 is 35.0 Å². The number of rotatable bonds is 4. The Balaban J connectivity index is 3.30. The van der Waals surface area contributed by atoms with Crippen LogP contribution in [0.15, 0.2) is 12.1 Å². The molecule has 0 fully saturated rings. The number of hydrogen-bond acceptors (Lipinski definition) is 3. The van der Waals surface area contributed by atoms with Gasteiger partial charge in [0.25, 0.3) is 0 Å². The fourth-order valence-electron chi connectivity index (χ4n) is 1.72. The topological polar surface area (TPSA) is 43.4 Å². The lowest BCUT2D eigenvalue weighted by molar-refractivity contribution is -0.148. The lowest BCUT2D eigenvalue weighted by Gasteiger charge is -2.23. The molecule has 19 heavy (non-hydrogen) atoms. The summed E-state index contributed by atoms with van der Waals surface area (Å²) in [6.45, 7) is 5.08. The number of benzene rings is 1. The zero-order chi connectivity index (χ0) is 14.8. The minimum atomic E-state index is -1.23. The van der Waals surface area contributed by atoms with Gasteiger partial charge in [-0.1, -0.05) is 30.1 Å². The van der Waals surface area contributed by atoms with Crippen molar-refractivity contribution in [2.24, 2.45) is 5.41 Å². The summed E-state index contributed by atoms with van der Waals surface area (Å²) in [6, 6.07) is 3.06. The first-order valence-corrected chi connectivity index (χ1v) is 6.62. The van der Waals surface area contributed by atoms with Crippen molar-refractivity contribution < 1.29 is 14.3 Å². The average Bonchev–Trinajstić information content (AvgIpc) is 2.41. The van der Waals surface area contributed by atoms with Crippen LogP contribution >= 0.6 is 23.2 Å². The molecule has 0 amide bonds. The monoisotopic (exact) mass is 302 g/mol. The lowest BCUT2D eigenvalue weighted by atomic mass is 9.80. The van der Waals surface area contributed by atoms with Crippen LogP contribution < -0.4 is 0 Å². The van der Waals surface area contributed by atoms with Crippen LogP contribution in [0.4, 0.5) is 0 Å². The summed E-state index contributed by atoms with van der Waals surface area (Å²) < 4.78 is 4.71. The van der Waals surface area contributed by atoms with E-state index in [1.165, 1.54) is 19.2 Å². The molecule has 1 rings (SSSR count). The summed E-state index contributed by atoms with van der Waals surface area (Å²) in [6.07, 6.45) is 0.335. The van der Waals surface area contributed by atoms with Gasteiger partial charge in [0.15, 0.2) is 5.78 Å². The zero-order valence-corrected chi connectivity index (χ0v) is 12.9. The summed E-state index contributed by atoms with van der Waals surface area (Å²) in [5.41, 5.74) is -0.206. The summed E-state index contributed by atoms with van der Waals surface area (Å²) in [7, 11) is 1.26. The molecule has 104 valence electrons. The number of hydrogen-bond donors (Lipinski definition) is 0. The van der Waals surface area contributed by atoms with Crippen LogP contribution in [0.1, 0.15) is 36.2 Å². The maximum Gasteiger partial charge on any atom is 0.319 e. The molecule has 0 aromatic heterocycles. The molecule has 0 unspecified atom stereocenters. The van der Waals surface area contributed by atoms with Crippen molar-refractivity contribution in [3.63, 3.8) is 0 Å². The number of halogens is 2. The van der Waals surface area contributed by atoms with Gasteiger partial charge in [0.05, 0.1) is 7.11 Å². The Hall–Kier alpha value is -1.06. The summed E-state index contributed by atoms with van der Waals surface area (Å²) in [5.74, 6) is -0.904. The highest BCUT2D eigenvalue weighted by atomic mass is 35.5. The normalized spacial score (nSPS) is 13.8. The van der Waals surface area contributed by atoms with Crippen LogP contribution in [0, 0.1) is 12.3 Å². The van der Waals surface area contributed by atoms with E-state index in [4.69, 9.17) is 27.9 Å². The molecule has 0 saturated carbocycles. The van der Waals surface area contributed by atoms with Crippen molar-refractivity contribution in [2.75, 3.05) is 7.11 Å². The molecule has 5 heteroatoms. The van der Waals surface area contributed by atoms with E-state index in [9.17, 15) is 9.59 Å². The molecule has 1 aromatic rings. The maximum atomic E-state index is 12.5. The van der Waals surface area contributed by atoms with Crippen molar-refractivity contribution in [2.45, 2.75) is 27.2 Å². The molecule has 0 heterocycles. The van der Waals surface area contributed by atoms with E-state index >= 15 is 0 Å². The summed E-state index contributed by atoms with van der Waals surface area (Å²) >= 11 is 12.0. The third kappa shape index (κ3) is 2.93. The summed E-state index contributed by atoms with van der Waals surface area (Å²) in [4.78, 5) is 24.3. The first kappa shape index (κ1) is 16.0. The standard InChI is InChI=1S/C14H16Cl2O3/c1-5-14(3,13(18)19-4)12(17)9-6-10(15)8(2)11(16)7-9/h6-7H,5H2,1-4H3/t14-/m1/s1. The number of esters is 1. The third-order valence-electron chi connectivity index (χ3n) is 3.39. The Kier molecular flexibility index (Phi) is 4.99. The van der Waals surface area contributed by atoms with Crippen molar-refractivity contribution in [3.8, 4) is 0 Å². The second-order valence-corrected chi connectivity index (χ2v) is 5.39. The number of carbonyl (C=O) groups is 2. The SMILES string of the molecule is CC[C@@](C)(C(=O)OC)C(=O)c1cc(Cl)c(C)c(Cl)c1. The van der Waals surface area contributed by atoms with E-state index in [1.54, 1.807) is 20.8 Å². The Morgan fingerprint density at radius 2 is 1.74 bits per heavy atom. The molecule has 0 N–H and O–H groups in total. The third-order valence-corrected chi connectivity index (χ3v) is 4.17. The zero-order valence-electron chi connectivity index (χ0n) is 11.3. The van der Waals surface area contributed by atoms with E-state index < -0.39 is 11.4 Å². The van der Waals surface area contributed by atoms with E-state index in [1.807, 2.05) is 0 Å². The fourth-order valence-corrected chi connectivity index (χ4v) is 2.20. The second kappa shape index (κ2) is 5.93. The smallest absolute Gasteiger partial charge is 0.319 e. The molecular formula is C14H16Cl2O3. The molecule has 3 nitrogen and oxygen atoms in total. The number of carbonyl (C=O) groups excluding carboxylic acids is 2. The predicted molar refractivity (Wildman–Crippen MR) is 75.9 cm³/mol. The molecule has 0 aliphatic carbocycles. The van der Waals surface area contributed by atoms with Gasteiger partial charge >= 0.3 is 5.97 Å². The maximum absolute atomic E-state index is 12.5.